The predicted octanol–water partition coefficient (Wildman–Crippen LogP) is 2.35. The van der Waals surface area contributed by atoms with Gasteiger partial charge in [-0.15, -0.1) is 0 Å². The van der Waals surface area contributed by atoms with E-state index in [2.05, 4.69) is 16.2 Å². The highest BCUT2D eigenvalue weighted by molar-refractivity contribution is 6.30. The largest absolute Gasteiger partial charge is 0.481 e. The topological polar surface area (TPSA) is 96.5 Å². The van der Waals surface area contributed by atoms with Gasteiger partial charge in [0.2, 0.25) is 11.8 Å². The van der Waals surface area contributed by atoms with Gasteiger partial charge in [0.15, 0.2) is 6.10 Å². The molecule has 8 heteroatoms. The van der Waals surface area contributed by atoms with Gasteiger partial charge >= 0.3 is 0 Å². The standard InChI is InChI=1S/C20H22ClN3O4/c1-14(28-17-9-7-16(21)8-10-17)20(27)24-23-19(26)12-11-18(25)22-13-15-5-3-2-4-6-15/h2-10,14H,11-13H2,1H3,(H,22,25)(H,23,26)(H,24,27). The molecular weight excluding hydrogens is 382 g/mol. The van der Waals surface area contributed by atoms with E-state index >= 15 is 0 Å². The Morgan fingerprint density at radius 2 is 1.57 bits per heavy atom. The molecule has 0 saturated carbocycles. The molecule has 0 saturated heterocycles. The number of halogens is 1. The van der Waals surface area contributed by atoms with Crippen LogP contribution < -0.4 is 20.9 Å². The van der Waals surface area contributed by atoms with Gasteiger partial charge in [-0.1, -0.05) is 41.9 Å². The first kappa shape index (κ1) is 21.2. The molecule has 2 rings (SSSR count). The number of amides is 3. The Morgan fingerprint density at radius 1 is 0.929 bits per heavy atom. The van der Waals surface area contributed by atoms with Gasteiger partial charge < -0.3 is 10.1 Å². The third-order valence-corrected chi connectivity index (χ3v) is 3.98. The average Bonchev–Trinajstić information content (AvgIpc) is 2.71. The maximum atomic E-state index is 12.0. The molecule has 3 amide bonds. The second-order valence-electron chi connectivity index (χ2n) is 6.01. The monoisotopic (exact) mass is 403 g/mol. The molecule has 0 bridgehead atoms. The van der Waals surface area contributed by atoms with Gasteiger partial charge in [-0.05, 0) is 36.8 Å². The van der Waals surface area contributed by atoms with Crippen LogP contribution in [0.1, 0.15) is 25.3 Å². The zero-order chi connectivity index (χ0) is 20.4. The summed E-state index contributed by atoms with van der Waals surface area (Å²) in [5.41, 5.74) is 5.52. The van der Waals surface area contributed by atoms with Crippen molar-refractivity contribution in [2.24, 2.45) is 0 Å². The molecule has 0 aromatic heterocycles. The minimum absolute atomic E-state index is 0.0192. The van der Waals surface area contributed by atoms with E-state index in [0.717, 1.165) is 5.56 Å². The summed E-state index contributed by atoms with van der Waals surface area (Å²) < 4.78 is 5.45. The van der Waals surface area contributed by atoms with E-state index in [1.165, 1.54) is 0 Å². The zero-order valence-electron chi connectivity index (χ0n) is 15.4. The van der Waals surface area contributed by atoms with Gasteiger partial charge in [0.25, 0.3) is 5.91 Å². The fraction of sp³-hybridized carbons (Fsp3) is 0.250. The van der Waals surface area contributed by atoms with Gasteiger partial charge in [-0.3, -0.25) is 25.2 Å². The number of nitrogens with one attached hydrogen (secondary N) is 3. The second kappa shape index (κ2) is 10.9. The third-order valence-electron chi connectivity index (χ3n) is 3.73. The molecule has 0 aliphatic rings. The number of carbonyl (C=O) groups excluding carboxylic acids is 3. The first-order valence-electron chi connectivity index (χ1n) is 8.75. The fourth-order valence-electron chi connectivity index (χ4n) is 2.18. The number of rotatable bonds is 8. The Morgan fingerprint density at radius 3 is 2.25 bits per heavy atom. The molecule has 3 N–H and O–H groups in total. The first-order chi connectivity index (χ1) is 13.4. The van der Waals surface area contributed by atoms with Crippen LogP contribution in [0.3, 0.4) is 0 Å². The maximum absolute atomic E-state index is 12.0. The lowest BCUT2D eigenvalue weighted by Gasteiger charge is -2.15. The Balaban J connectivity index is 1.63. The summed E-state index contributed by atoms with van der Waals surface area (Å²) >= 11 is 5.79. The minimum atomic E-state index is -0.823. The molecule has 1 atom stereocenters. The average molecular weight is 404 g/mol. The number of ether oxygens (including phenoxy) is 1. The smallest absolute Gasteiger partial charge is 0.279 e. The summed E-state index contributed by atoms with van der Waals surface area (Å²) in [5.74, 6) is -0.753. The molecular formula is C20H22ClN3O4. The molecule has 2 aromatic rings. The normalized spacial score (nSPS) is 11.2. The van der Waals surface area contributed by atoms with Crippen molar-refractivity contribution in [3.63, 3.8) is 0 Å². The maximum Gasteiger partial charge on any atom is 0.279 e. The molecule has 0 aliphatic carbocycles. The number of hydrogen-bond donors (Lipinski definition) is 3. The highest BCUT2D eigenvalue weighted by Gasteiger charge is 2.15. The van der Waals surface area contributed by atoms with E-state index in [1.54, 1.807) is 31.2 Å². The van der Waals surface area contributed by atoms with Crippen molar-refractivity contribution in [3.8, 4) is 5.75 Å². The van der Waals surface area contributed by atoms with E-state index in [4.69, 9.17) is 16.3 Å². The van der Waals surface area contributed by atoms with Crippen molar-refractivity contribution in [2.45, 2.75) is 32.4 Å². The SMILES string of the molecule is CC(Oc1ccc(Cl)cc1)C(=O)NNC(=O)CCC(=O)NCc1ccccc1. The Bertz CT molecular complexity index is 797. The molecule has 0 aliphatic heterocycles. The van der Waals surface area contributed by atoms with Crippen LogP contribution in [-0.2, 0) is 20.9 Å². The lowest BCUT2D eigenvalue weighted by Crippen LogP contribution is -2.47. The fourth-order valence-corrected chi connectivity index (χ4v) is 2.30. The van der Waals surface area contributed by atoms with E-state index in [0.29, 0.717) is 17.3 Å². The number of hydrogen-bond acceptors (Lipinski definition) is 4. The summed E-state index contributed by atoms with van der Waals surface area (Å²) in [7, 11) is 0. The Kier molecular flexibility index (Phi) is 8.30. The van der Waals surface area contributed by atoms with Crippen LogP contribution in [0.4, 0.5) is 0 Å². The van der Waals surface area contributed by atoms with E-state index in [-0.39, 0.29) is 18.7 Å². The number of benzene rings is 2. The van der Waals surface area contributed by atoms with E-state index in [1.807, 2.05) is 30.3 Å². The molecule has 2 aromatic carbocycles. The molecule has 148 valence electrons. The van der Waals surface area contributed by atoms with Crippen LogP contribution in [0.15, 0.2) is 54.6 Å². The second-order valence-corrected chi connectivity index (χ2v) is 6.45. The molecule has 0 heterocycles. The summed E-state index contributed by atoms with van der Waals surface area (Å²) in [6.45, 7) is 1.95. The van der Waals surface area contributed by atoms with Crippen molar-refractivity contribution in [2.75, 3.05) is 0 Å². The van der Waals surface area contributed by atoms with Crippen LogP contribution in [0.5, 0.6) is 5.75 Å². The van der Waals surface area contributed by atoms with Gasteiger partial charge in [0.1, 0.15) is 5.75 Å². The number of hydrazine groups is 1. The molecule has 0 fully saturated rings. The molecule has 28 heavy (non-hydrogen) atoms. The summed E-state index contributed by atoms with van der Waals surface area (Å²) in [6.07, 6.45) is -0.853. The highest BCUT2D eigenvalue weighted by Crippen LogP contribution is 2.16. The van der Waals surface area contributed by atoms with Crippen molar-refractivity contribution in [1.29, 1.82) is 0 Å². The Hall–Kier alpha value is -3.06. The molecule has 7 nitrogen and oxygen atoms in total. The van der Waals surface area contributed by atoms with Crippen molar-refractivity contribution in [3.05, 3.63) is 65.2 Å². The van der Waals surface area contributed by atoms with Crippen molar-refractivity contribution < 1.29 is 19.1 Å². The quantitative estimate of drug-likeness (QED) is 0.589. The van der Waals surface area contributed by atoms with Crippen LogP contribution in [0, 0.1) is 0 Å². The van der Waals surface area contributed by atoms with Gasteiger partial charge in [-0.25, -0.2) is 0 Å². The van der Waals surface area contributed by atoms with Crippen molar-refractivity contribution in [1.82, 2.24) is 16.2 Å². The Labute approximate surface area is 168 Å². The lowest BCUT2D eigenvalue weighted by molar-refractivity contribution is -0.133. The summed E-state index contributed by atoms with van der Waals surface area (Å²) in [6, 6.07) is 16.0. The summed E-state index contributed by atoms with van der Waals surface area (Å²) in [4.78, 5) is 35.5. The van der Waals surface area contributed by atoms with Crippen LogP contribution >= 0.6 is 11.6 Å². The predicted molar refractivity (Wildman–Crippen MR) is 105 cm³/mol. The van der Waals surface area contributed by atoms with E-state index < -0.39 is 17.9 Å². The highest BCUT2D eigenvalue weighted by atomic mass is 35.5. The van der Waals surface area contributed by atoms with Crippen LogP contribution in [0.25, 0.3) is 0 Å². The first-order valence-corrected chi connectivity index (χ1v) is 9.13. The molecule has 0 radical (unpaired) electrons. The van der Waals surface area contributed by atoms with Crippen molar-refractivity contribution >= 4 is 29.3 Å². The summed E-state index contributed by atoms with van der Waals surface area (Å²) in [5, 5.41) is 3.29. The minimum Gasteiger partial charge on any atom is -0.481 e. The number of carbonyl (C=O) groups is 3. The third kappa shape index (κ3) is 7.67. The zero-order valence-corrected chi connectivity index (χ0v) is 16.2. The molecule has 1 unspecified atom stereocenters. The lowest BCUT2D eigenvalue weighted by atomic mass is 10.2. The van der Waals surface area contributed by atoms with Crippen LogP contribution in [0.2, 0.25) is 5.02 Å². The van der Waals surface area contributed by atoms with Gasteiger partial charge in [-0.2, -0.15) is 0 Å². The molecule has 0 spiro atoms. The van der Waals surface area contributed by atoms with Gasteiger partial charge in [0, 0.05) is 24.4 Å². The van der Waals surface area contributed by atoms with Gasteiger partial charge in [0.05, 0.1) is 0 Å². The van der Waals surface area contributed by atoms with E-state index in [9.17, 15) is 14.4 Å². The van der Waals surface area contributed by atoms with Crippen LogP contribution in [-0.4, -0.2) is 23.8 Å².